The van der Waals surface area contributed by atoms with Gasteiger partial charge in [-0.05, 0) is 60.8 Å². The van der Waals surface area contributed by atoms with Crippen LogP contribution >= 0.6 is 0 Å². The van der Waals surface area contributed by atoms with Gasteiger partial charge in [0.1, 0.15) is 17.5 Å². The van der Waals surface area contributed by atoms with Crippen molar-refractivity contribution in [1.29, 1.82) is 0 Å². The van der Waals surface area contributed by atoms with Gasteiger partial charge < -0.3 is 10.2 Å². The molecule has 8 heteroatoms. The molecule has 0 atom stereocenters. The highest BCUT2D eigenvalue weighted by atomic mass is 19.1. The Labute approximate surface area is 187 Å². The van der Waals surface area contributed by atoms with Crippen molar-refractivity contribution >= 4 is 29.3 Å². The summed E-state index contributed by atoms with van der Waals surface area (Å²) in [7, 11) is 0. The summed E-state index contributed by atoms with van der Waals surface area (Å²) in [6.45, 7) is 6.23. The molecule has 2 amide bonds. The van der Waals surface area contributed by atoms with Crippen LogP contribution in [-0.4, -0.2) is 41.4 Å². The maximum Gasteiger partial charge on any atom is 0.260 e. The molecule has 0 aromatic carbocycles. The monoisotopic (exact) mass is 437 g/mol. The molecule has 32 heavy (non-hydrogen) atoms. The first-order chi connectivity index (χ1) is 15.2. The minimum absolute atomic E-state index is 0.0227. The predicted molar refractivity (Wildman–Crippen MR) is 120 cm³/mol. The van der Waals surface area contributed by atoms with Gasteiger partial charge in [0, 0.05) is 26.1 Å². The van der Waals surface area contributed by atoms with Crippen molar-refractivity contribution in [3.63, 3.8) is 0 Å². The quantitative estimate of drug-likeness (QED) is 0.732. The van der Waals surface area contributed by atoms with Crippen molar-refractivity contribution in [3.8, 4) is 0 Å². The molecule has 0 unspecified atom stereocenters. The molecule has 5 rings (SSSR count). The van der Waals surface area contributed by atoms with Crippen LogP contribution in [0, 0.1) is 16.8 Å². The highest BCUT2D eigenvalue weighted by Crippen LogP contribution is 2.54. The van der Waals surface area contributed by atoms with Crippen LogP contribution in [0.1, 0.15) is 56.3 Å². The number of amides is 2. The third kappa shape index (κ3) is 4.06. The van der Waals surface area contributed by atoms with Gasteiger partial charge in [-0.2, -0.15) is 4.39 Å². The van der Waals surface area contributed by atoms with Gasteiger partial charge in [0.25, 0.3) is 5.91 Å². The lowest BCUT2D eigenvalue weighted by atomic mass is 9.93. The van der Waals surface area contributed by atoms with Crippen molar-refractivity contribution in [3.05, 3.63) is 41.8 Å². The van der Waals surface area contributed by atoms with E-state index in [0.29, 0.717) is 41.4 Å². The summed E-state index contributed by atoms with van der Waals surface area (Å²) in [5.74, 6) is 0.271. The highest BCUT2D eigenvalue weighted by Gasteiger charge is 2.45. The molecule has 168 valence electrons. The number of anilines is 3. The highest BCUT2D eigenvalue weighted by molar-refractivity contribution is 6.07. The van der Waals surface area contributed by atoms with Crippen LogP contribution in [0.3, 0.4) is 0 Å². The topological polar surface area (TPSA) is 78.4 Å². The Bertz CT molecular complexity index is 1070. The first-order valence-corrected chi connectivity index (χ1v) is 11.2. The summed E-state index contributed by atoms with van der Waals surface area (Å²) < 4.78 is 14.0. The Kier molecular flexibility index (Phi) is 4.91. The molecule has 4 heterocycles. The van der Waals surface area contributed by atoms with Crippen molar-refractivity contribution in [2.24, 2.45) is 10.8 Å². The van der Waals surface area contributed by atoms with Crippen molar-refractivity contribution in [2.45, 2.75) is 46.0 Å². The van der Waals surface area contributed by atoms with E-state index in [1.165, 1.54) is 25.0 Å². The number of hydrogen-bond donors (Lipinski definition) is 1. The molecule has 2 aromatic heterocycles. The molecule has 7 nitrogen and oxygen atoms in total. The summed E-state index contributed by atoms with van der Waals surface area (Å²) in [6, 6.07) is 7.90. The molecule has 1 aliphatic carbocycles. The SMILES string of the molecule is CC1(C)CC(=O)N(c2cccc(NC(=O)c3ccc(F)nc3N3CCC4(CC3)CC4)n2)C1. The summed E-state index contributed by atoms with van der Waals surface area (Å²) in [4.78, 5) is 37.7. The maximum absolute atomic E-state index is 14.0. The molecule has 0 bridgehead atoms. The number of rotatable bonds is 4. The zero-order chi connectivity index (χ0) is 22.5. The number of carbonyl (C=O) groups is 2. The first kappa shape index (κ1) is 20.8. The normalized spacial score (nSPS) is 21.2. The van der Waals surface area contributed by atoms with Gasteiger partial charge in [0.2, 0.25) is 11.9 Å². The number of nitrogens with one attached hydrogen (secondary N) is 1. The van der Waals surface area contributed by atoms with E-state index in [0.717, 1.165) is 25.9 Å². The molecule has 2 aromatic rings. The molecule has 2 aliphatic heterocycles. The zero-order valence-corrected chi connectivity index (χ0v) is 18.5. The summed E-state index contributed by atoms with van der Waals surface area (Å²) in [5, 5.41) is 2.81. The molecule has 1 N–H and O–H groups in total. The molecule has 1 spiro atoms. The van der Waals surface area contributed by atoms with E-state index in [1.54, 1.807) is 23.1 Å². The smallest absolute Gasteiger partial charge is 0.260 e. The average Bonchev–Trinajstić information content (AvgIpc) is 3.44. The fraction of sp³-hybridized carbons (Fsp3) is 0.500. The minimum atomic E-state index is -0.599. The van der Waals surface area contributed by atoms with E-state index >= 15 is 0 Å². The van der Waals surface area contributed by atoms with E-state index in [2.05, 4.69) is 15.3 Å². The molecular weight excluding hydrogens is 409 g/mol. The van der Waals surface area contributed by atoms with Gasteiger partial charge in [-0.15, -0.1) is 0 Å². The van der Waals surface area contributed by atoms with E-state index in [4.69, 9.17) is 0 Å². The van der Waals surface area contributed by atoms with Crippen LogP contribution in [0.2, 0.25) is 0 Å². The van der Waals surface area contributed by atoms with Crippen molar-refractivity contribution < 1.29 is 14.0 Å². The molecule has 1 saturated carbocycles. The number of pyridine rings is 2. The van der Waals surface area contributed by atoms with Crippen LogP contribution in [0.5, 0.6) is 0 Å². The number of hydrogen-bond acceptors (Lipinski definition) is 5. The molecule has 0 radical (unpaired) electrons. The van der Waals surface area contributed by atoms with E-state index in [-0.39, 0.29) is 11.3 Å². The third-order valence-corrected chi connectivity index (χ3v) is 6.94. The second-order valence-electron chi connectivity index (χ2n) is 10.1. The van der Waals surface area contributed by atoms with Crippen molar-refractivity contribution in [1.82, 2.24) is 9.97 Å². The lowest BCUT2D eigenvalue weighted by molar-refractivity contribution is -0.117. The Balaban J connectivity index is 1.35. The van der Waals surface area contributed by atoms with Crippen LogP contribution in [0.15, 0.2) is 30.3 Å². The van der Waals surface area contributed by atoms with Gasteiger partial charge in [-0.25, -0.2) is 9.97 Å². The molecule has 2 saturated heterocycles. The lowest BCUT2D eigenvalue weighted by Crippen LogP contribution is -2.36. The average molecular weight is 438 g/mol. The lowest BCUT2D eigenvalue weighted by Gasteiger charge is -2.33. The van der Waals surface area contributed by atoms with Crippen molar-refractivity contribution in [2.75, 3.05) is 34.8 Å². The van der Waals surface area contributed by atoms with Gasteiger partial charge in [-0.1, -0.05) is 19.9 Å². The predicted octanol–water partition coefficient (Wildman–Crippen LogP) is 4.01. The largest absolute Gasteiger partial charge is 0.356 e. The third-order valence-electron chi connectivity index (χ3n) is 6.94. The van der Waals surface area contributed by atoms with Gasteiger partial charge in [0.15, 0.2) is 0 Å². The van der Waals surface area contributed by atoms with Crippen LogP contribution in [-0.2, 0) is 4.79 Å². The zero-order valence-electron chi connectivity index (χ0n) is 18.5. The summed E-state index contributed by atoms with van der Waals surface area (Å²) in [6.07, 6.45) is 5.10. The van der Waals surface area contributed by atoms with Gasteiger partial charge in [-0.3, -0.25) is 14.5 Å². The molecule has 3 aliphatic rings. The fourth-order valence-corrected chi connectivity index (χ4v) is 4.83. The van der Waals surface area contributed by atoms with Crippen LogP contribution in [0.25, 0.3) is 0 Å². The maximum atomic E-state index is 14.0. The Hall–Kier alpha value is -3.03. The molecule has 3 fully saturated rings. The second kappa shape index (κ2) is 7.53. The van der Waals surface area contributed by atoms with Gasteiger partial charge in [0.05, 0.1) is 5.56 Å². The Morgan fingerprint density at radius 1 is 1.06 bits per heavy atom. The van der Waals surface area contributed by atoms with Crippen LogP contribution < -0.4 is 15.1 Å². The Morgan fingerprint density at radius 3 is 2.47 bits per heavy atom. The Morgan fingerprint density at radius 2 is 1.81 bits per heavy atom. The number of halogens is 1. The summed E-state index contributed by atoms with van der Waals surface area (Å²) in [5.41, 5.74) is 0.682. The summed E-state index contributed by atoms with van der Waals surface area (Å²) >= 11 is 0. The number of aromatic nitrogens is 2. The number of carbonyl (C=O) groups excluding carboxylic acids is 2. The number of piperidine rings is 1. The fourth-order valence-electron chi connectivity index (χ4n) is 4.83. The molecular formula is C24H28FN5O2. The van der Waals surface area contributed by atoms with E-state index in [9.17, 15) is 14.0 Å². The minimum Gasteiger partial charge on any atom is -0.356 e. The standard InChI is InChI=1S/C24H28FN5O2/c1-23(2)14-20(31)30(15-23)19-5-3-4-18(27-19)28-22(32)16-6-7-17(25)26-21(16)29-12-10-24(8-9-24)11-13-29/h3-7H,8-15H2,1-2H3,(H,27,28,32). The van der Waals surface area contributed by atoms with E-state index in [1.807, 2.05) is 18.7 Å². The van der Waals surface area contributed by atoms with E-state index < -0.39 is 11.9 Å². The van der Waals surface area contributed by atoms with Gasteiger partial charge >= 0.3 is 0 Å². The number of nitrogens with zero attached hydrogens (tertiary/aromatic N) is 4. The van der Waals surface area contributed by atoms with Crippen LogP contribution in [0.4, 0.5) is 21.8 Å². The first-order valence-electron chi connectivity index (χ1n) is 11.2. The second-order valence-corrected chi connectivity index (χ2v) is 10.1.